The third-order valence-corrected chi connectivity index (χ3v) is 5.27. The first kappa shape index (κ1) is 17.8. The second-order valence-electron chi connectivity index (χ2n) is 5.69. The molecule has 0 aliphatic carbocycles. The largest absolute Gasteiger partial charge is 0.294 e. The number of rotatable bonds is 6. The van der Waals surface area contributed by atoms with Crippen LogP contribution >= 0.6 is 0 Å². The standard InChI is InChI=1S/C20H16FNO3S/c21-17-10-6-11-18(14-17)22-26(24,25)20-12-5-4-9-16(20)13-19(23)15-7-2-1-3-8-15/h1-12,14,22H,13H2. The zero-order valence-corrected chi connectivity index (χ0v) is 14.5. The molecule has 0 aliphatic rings. The summed E-state index contributed by atoms with van der Waals surface area (Å²) >= 11 is 0. The van der Waals surface area contributed by atoms with Gasteiger partial charge in [-0.15, -0.1) is 0 Å². The molecule has 0 bridgehead atoms. The molecule has 3 rings (SSSR count). The topological polar surface area (TPSA) is 63.2 Å². The normalized spacial score (nSPS) is 11.1. The van der Waals surface area contributed by atoms with Crippen LogP contribution in [0.15, 0.2) is 83.8 Å². The van der Waals surface area contributed by atoms with E-state index in [1.165, 1.54) is 24.3 Å². The van der Waals surface area contributed by atoms with Crippen LogP contribution in [0.25, 0.3) is 0 Å². The van der Waals surface area contributed by atoms with Gasteiger partial charge in [0.1, 0.15) is 5.82 Å². The van der Waals surface area contributed by atoms with E-state index in [1.54, 1.807) is 48.5 Å². The molecule has 0 saturated heterocycles. The number of ketones is 1. The summed E-state index contributed by atoms with van der Waals surface area (Å²) in [7, 11) is -3.96. The van der Waals surface area contributed by atoms with Gasteiger partial charge in [-0.3, -0.25) is 9.52 Å². The van der Waals surface area contributed by atoms with Crippen molar-refractivity contribution in [2.45, 2.75) is 11.3 Å². The first-order chi connectivity index (χ1) is 12.5. The van der Waals surface area contributed by atoms with E-state index in [1.807, 2.05) is 0 Å². The maximum absolute atomic E-state index is 13.3. The van der Waals surface area contributed by atoms with Crippen LogP contribution in [0.1, 0.15) is 15.9 Å². The van der Waals surface area contributed by atoms with Gasteiger partial charge in [0.25, 0.3) is 10.0 Å². The SMILES string of the molecule is O=C(Cc1ccccc1S(=O)(=O)Nc1cccc(F)c1)c1ccccc1. The predicted molar refractivity (Wildman–Crippen MR) is 98.1 cm³/mol. The molecule has 3 aromatic carbocycles. The van der Waals surface area contributed by atoms with Crippen molar-refractivity contribution in [2.75, 3.05) is 4.72 Å². The average molecular weight is 369 g/mol. The molecule has 0 radical (unpaired) electrons. The van der Waals surface area contributed by atoms with Crippen molar-refractivity contribution in [3.63, 3.8) is 0 Å². The zero-order valence-electron chi connectivity index (χ0n) is 13.7. The minimum Gasteiger partial charge on any atom is -0.294 e. The summed E-state index contributed by atoms with van der Waals surface area (Å²) in [5, 5.41) is 0. The Morgan fingerprint density at radius 1 is 0.885 bits per heavy atom. The molecule has 0 saturated carbocycles. The second kappa shape index (κ2) is 7.49. The van der Waals surface area contributed by atoms with Gasteiger partial charge in [-0.2, -0.15) is 0 Å². The van der Waals surface area contributed by atoms with Gasteiger partial charge in [0, 0.05) is 12.0 Å². The highest BCUT2D eigenvalue weighted by Crippen LogP contribution is 2.21. The molecule has 26 heavy (non-hydrogen) atoms. The minimum absolute atomic E-state index is 0.00598. The molecule has 0 aromatic heterocycles. The maximum Gasteiger partial charge on any atom is 0.262 e. The van der Waals surface area contributed by atoms with Crippen LogP contribution in [-0.2, 0) is 16.4 Å². The van der Waals surface area contributed by atoms with Crippen molar-refractivity contribution in [1.82, 2.24) is 0 Å². The van der Waals surface area contributed by atoms with Crippen molar-refractivity contribution >= 4 is 21.5 Å². The lowest BCUT2D eigenvalue weighted by Gasteiger charge is -2.12. The highest BCUT2D eigenvalue weighted by atomic mass is 32.2. The van der Waals surface area contributed by atoms with Gasteiger partial charge in [0.2, 0.25) is 0 Å². The molecule has 132 valence electrons. The molecule has 0 amide bonds. The molecule has 6 heteroatoms. The first-order valence-electron chi connectivity index (χ1n) is 7.90. The Balaban J connectivity index is 1.90. The number of halogens is 1. The number of carbonyl (C=O) groups excluding carboxylic acids is 1. The molecular formula is C20H16FNO3S. The fraction of sp³-hybridized carbons (Fsp3) is 0.0500. The number of carbonyl (C=O) groups is 1. The first-order valence-corrected chi connectivity index (χ1v) is 9.38. The van der Waals surface area contributed by atoms with Gasteiger partial charge >= 0.3 is 0 Å². The lowest BCUT2D eigenvalue weighted by Crippen LogP contribution is -2.16. The van der Waals surface area contributed by atoms with E-state index >= 15 is 0 Å². The van der Waals surface area contributed by atoms with Gasteiger partial charge in [0.05, 0.1) is 10.6 Å². The number of benzene rings is 3. The van der Waals surface area contributed by atoms with Gasteiger partial charge in [-0.1, -0.05) is 54.6 Å². The molecule has 4 nitrogen and oxygen atoms in total. The third-order valence-electron chi connectivity index (χ3n) is 3.79. The van der Waals surface area contributed by atoms with E-state index in [9.17, 15) is 17.6 Å². The summed E-state index contributed by atoms with van der Waals surface area (Å²) in [6.07, 6.45) is -0.0513. The lowest BCUT2D eigenvalue weighted by molar-refractivity contribution is 0.0992. The highest BCUT2D eigenvalue weighted by molar-refractivity contribution is 7.92. The van der Waals surface area contributed by atoms with E-state index in [2.05, 4.69) is 4.72 Å². The average Bonchev–Trinajstić information content (AvgIpc) is 2.62. The van der Waals surface area contributed by atoms with E-state index in [0.29, 0.717) is 11.1 Å². The molecule has 1 N–H and O–H groups in total. The van der Waals surface area contributed by atoms with Crippen molar-refractivity contribution < 1.29 is 17.6 Å². The summed E-state index contributed by atoms with van der Waals surface area (Å²) < 4.78 is 41.1. The quantitative estimate of drug-likeness (QED) is 0.667. The van der Waals surface area contributed by atoms with E-state index in [4.69, 9.17) is 0 Å². The summed E-state index contributed by atoms with van der Waals surface area (Å²) in [4.78, 5) is 12.4. The van der Waals surface area contributed by atoms with Gasteiger partial charge in [-0.25, -0.2) is 12.8 Å². The number of Topliss-reactive ketones (excluding diaryl/α,β-unsaturated/α-hetero) is 1. The summed E-state index contributed by atoms with van der Waals surface area (Å²) in [6, 6.07) is 20.1. The van der Waals surface area contributed by atoms with Crippen molar-refractivity contribution in [3.05, 3.63) is 95.8 Å². The number of anilines is 1. The van der Waals surface area contributed by atoms with Crippen LogP contribution in [0.5, 0.6) is 0 Å². The van der Waals surface area contributed by atoms with Crippen LogP contribution in [0, 0.1) is 5.82 Å². The Hall–Kier alpha value is -2.99. The Bertz CT molecular complexity index is 1030. The highest BCUT2D eigenvalue weighted by Gasteiger charge is 2.20. The molecule has 0 spiro atoms. The molecule has 0 atom stereocenters. The van der Waals surface area contributed by atoms with E-state index < -0.39 is 15.8 Å². The summed E-state index contributed by atoms with van der Waals surface area (Å²) in [6.45, 7) is 0. The fourth-order valence-corrected chi connectivity index (χ4v) is 3.86. The molecule has 3 aromatic rings. The number of hydrogen-bond acceptors (Lipinski definition) is 3. The van der Waals surface area contributed by atoms with Crippen molar-refractivity contribution in [3.8, 4) is 0 Å². The lowest BCUT2D eigenvalue weighted by atomic mass is 10.0. The minimum atomic E-state index is -3.96. The summed E-state index contributed by atoms with van der Waals surface area (Å²) in [5.74, 6) is -0.725. The summed E-state index contributed by atoms with van der Waals surface area (Å²) in [5.41, 5.74) is 1.01. The predicted octanol–water partition coefficient (Wildman–Crippen LogP) is 4.05. The Labute approximate surface area is 151 Å². The van der Waals surface area contributed by atoms with Gasteiger partial charge in [-0.05, 0) is 29.8 Å². The zero-order chi connectivity index (χ0) is 18.6. The van der Waals surface area contributed by atoms with Gasteiger partial charge < -0.3 is 0 Å². The molecule has 0 unspecified atom stereocenters. The van der Waals surface area contributed by atoms with Crippen LogP contribution in [-0.4, -0.2) is 14.2 Å². The number of hydrogen-bond donors (Lipinski definition) is 1. The van der Waals surface area contributed by atoms with Crippen LogP contribution in [0.3, 0.4) is 0 Å². The maximum atomic E-state index is 13.3. The smallest absolute Gasteiger partial charge is 0.262 e. The van der Waals surface area contributed by atoms with Crippen LogP contribution in [0.2, 0.25) is 0 Å². The molecule has 0 aliphatic heterocycles. The Morgan fingerprint density at radius 2 is 1.58 bits per heavy atom. The van der Waals surface area contributed by atoms with Crippen molar-refractivity contribution in [1.29, 1.82) is 0 Å². The van der Waals surface area contributed by atoms with Crippen molar-refractivity contribution in [2.24, 2.45) is 0 Å². The number of sulfonamides is 1. The van der Waals surface area contributed by atoms with Crippen LogP contribution in [0.4, 0.5) is 10.1 Å². The fourth-order valence-electron chi connectivity index (χ4n) is 2.57. The van der Waals surface area contributed by atoms with Gasteiger partial charge in [0.15, 0.2) is 5.78 Å². The van der Waals surface area contributed by atoms with Crippen LogP contribution < -0.4 is 4.72 Å². The number of nitrogens with one attached hydrogen (secondary N) is 1. The molecule has 0 heterocycles. The third kappa shape index (κ3) is 4.15. The van der Waals surface area contributed by atoms with E-state index in [0.717, 1.165) is 6.07 Å². The second-order valence-corrected chi connectivity index (χ2v) is 7.34. The Kier molecular flexibility index (Phi) is 5.14. The molecular weight excluding hydrogens is 353 g/mol. The Morgan fingerprint density at radius 3 is 2.31 bits per heavy atom. The monoisotopic (exact) mass is 369 g/mol. The van der Waals surface area contributed by atoms with E-state index in [-0.39, 0.29) is 22.8 Å². The molecule has 0 fully saturated rings.